The average molecular weight is 354 g/mol. The lowest BCUT2D eigenvalue weighted by molar-refractivity contribution is 0.0751. The Hall–Kier alpha value is -1.39. The van der Waals surface area contributed by atoms with Gasteiger partial charge < -0.3 is 4.90 Å². The second kappa shape index (κ2) is 6.86. The third kappa shape index (κ3) is 3.58. The van der Waals surface area contributed by atoms with Gasteiger partial charge in [0, 0.05) is 35.0 Å². The molecule has 0 fully saturated rings. The third-order valence-corrected chi connectivity index (χ3v) is 3.84. The first kappa shape index (κ1) is 15.0. The molecule has 1 heterocycles. The van der Waals surface area contributed by atoms with E-state index >= 15 is 0 Å². The lowest BCUT2D eigenvalue weighted by atomic mass is 10.1. The normalized spacial score (nSPS) is 10.3. The van der Waals surface area contributed by atoms with Gasteiger partial charge in [0.1, 0.15) is 0 Å². The number of nitrogens with zero attached hydrogens (tertiary/aromatic N) is 2. The Balaban J connectivity index is 2.21. The highest BCUT2D eigenvalue weighted by molar-refractivity contribution is 9.10. The van der Waals surface area contributed by atoms with Crippen LogP contribution in [0.25, 0.3) is 0 Å². The largest absolute Gasteiger partial charge is 0.335 e. The molecule has 0 N–H and O–H groups in total. The van der Waals surface area contributed by atoms with Crippen molar-refractivity contribution in [3.05, 3.63) is 63.3 Å². The van der Waals surface area contributed by atoms with Crippen molar-refractivity contribution in [2.75, 3.05) is 6.54 Å². The zero-order valence-corrected chi connectivity index (χ0v) is 13.4. The van der Waals surface area contributed by atoms with Gasteiger partial charge in [-0.25, -0.2) is 0 Å². The average Bonchev–Trinajstić information content (AvgIpc) is 2.45. The summed E-state index contributed by atoms with van der Waals surface area (Å²) in [7, 11) is 0. The smallest absolute Gasteiger partial charge is 0.255 e. The Morgan fingerprint density at radius 3 is 2.60 bits per heavy atom. The van der Waals surface area contributed by atoms with Crippen LogP contribution in [0.15, 0.2) is 47.2 Å². The number of carbonyl (C=O) groups is 1. The standard InChI is InChI=1S/C15H14BrClN2O/c1-2-19(10-11-5-7-18-8-6-11)15(20)13-4-3-12(17)9-14(13)16/h3-9H,2,10H2,1H3. The van der Waals surface area contributed by atoms with Crippen LogP contribution in [-0.2, 0) is 6.54 Å². The predicted molar refractivity (Wildman–Crippen MR) is 83.8 cm³/mol. The Morgan fingerprint density at radius 2 is 2.00 bits per heavy atom. The first-order valence-electron chi connectivity index (χ1n) is 6.25. The van der Waals surface area contributed by atoms with Gasteiger partial charge in [0.05, 0.1) is 5.56 Å². The summed E-state index contributed by atoms with van der Waals surface area (Å²) in [6.07, 6.45) is 3.46. The molecule has 0 aliphatic rings. The van der Waals surface area contributed by atoms with Crippen LogP contribution in [0, 0.1) is 0 Å². The number of hydrogen-bond acceptors (Lipinski definition) is 2. The maximum atomic E-state index is 12.5. The van der Waals surface area contributed by atoms with Crippen molar-refractivity contribution < 1.29 is 4.79 Å². The van der Waals surface area contributed by atoms with Crippen molar-refractivity contribution in [2.45, 2.75) is 13.5 Å². The number of aromatic nitrogens is 1. The number of pyridine rings is 1. The van der Waals surface area contributed by atoms with Crippen LogP contribution in [0.3, 0.4) is 0 Å². The van der Waals surface area contributed by atoms with Crippen molar-refractivity contribution in [1.82, 2.24) is 9.88 Å². The minimum atomic E-state index is -0.0205. The van der Waals surface area contributed by atoms with Gasteiger partial charge in [0.25, 0.3) is 5.91 Å². The number of rotatable bonds is 4. The first-order valence-corrected chi connectivity index (χ1v) is 7.42. The van der Waals surface area contributed by atoms with Gasteiger partial charge in [-0.3, -0.25) is 9.78 Å². The fraction of sp³-hybridized carbons (Fsp3) is 0.200. The monoisotopic (exact) mass is 352 g/mol. The lowest BCUT2D eigenvalue weighted by Crippen LogP contribution is -2.30. The summed E-state index contributed by atoms with van der Waals surface area (Å²) in [5.41, 5.74) is 1.67. The number of amides is 1. The highest BCUT2D eigenvalue weighted by atomic mass is 79.9. The van der Waals surface area contributed by atoms with Crippen LogP contribution in [0.2, 0.25) is 5.02 Å². The molecule has 1 aromatic carbocycles. The summed E-state index contributed by atoms with van der Waals surface area (Å²) >= 11 is 9.29. The molecule has 0 spiro atoms. The van der Waals surface area contributed by atoms with Crippen molar-refractivity contribution in [1.29, 1.82) is 0 Å². The van der Waals surface area contributed by atoms with Crippen LogP contribution in [-0.4, -0.2) is 22.3 Å². The fourth-order valence-corrected chi connectivity index (χ4v) is 2.72. The highest BCUT2D eigenvalue weighted by Gasteiger charge is 2.17. The first-order chi connectivity index (χ1) is 9.61. The van der Waals surface area contributed by atoms with Crippen LogP contribution in [0.4, 0.5) is 0 Å². The van der Waals surface area contributed by atoms with Gasteiger partial charge in [0.15, 0.2) is 0 Å². The molecule has 0 atom stereocenters. The molecule has 0 unspecified atom stereocenters. The molecule has 0 radical (unpaired) electrons. The molecule has 0 aliphatic heterocycles. The van der Waals surface area contributed by atoms with E-state index in [0.29, 0.717) is 28.1 Å². The van der Waals surface area contributed by atoms with E-state index in [0.717, 1.165) is 5.56 Å². The highest BCUT2D eigenvalue weighted by Crippen LogP contribution is 2.23. The minimum absolute atomic E-state index is 0.0205. The zero-order valence-electron chi connectivity index (χ0n) is 11.0. The van der Waals surface area contributed by atoms with E-state index in [2.05, 4.69) is 20.9 Å². The van der Waals surface area contributed by atoms with Gasteiger partial charge in [-0.15, -0.1) is 0 Å². The molecule has 1 aromatic heterocycles. The maximum Gasteiger partial charge on any atom is 0.255 e. The van der Waals surface area contributed by atoms with Gasteiger partial charge in [-0.05, 0) is 58.7 Å². The van der Waals surface area contributed by atoms with E-state index in [-0.39, 0.29) is 5.91 Å². The molecule has 104 valence electrons. The molecule has 3 nitrogen and oxygen atoms in total. The molecular weight excluding hydrogens is 340 g/mol. The second-order valence-corrected chi connectivity index (χ2v) is 5.59. The number of hydrogen-bond donors (Lipinski definition) is 0. The van der Waals surface area contributed by atoms with Crippen molar-refractivity contribution in [3.63, 3.8) is 0 Å². The summed E-state index contributed by atoms with van der Waals surface area (Å²) < 4.78 is 0.711. The Bertz CT molecular complexity index is 604. The quantitative estimate of drug-likeness (QED) is 0.827. The SMILES string of the molecule is CCN(Cc1ccncc1)C(=O)c1ccc(Cl)cc1Br. The summed E-state index contributed by atoms with van der Waals surface area (Å²) in [6, 6.07) is 9.01. The Kier molecular flexibility index (Phi) is 5.15. The van der Waals surface area contributed by atoms with Crippen LogP contribution < -0.4 is 0 Å². The molecule has 1 amide bonds. The van der Waals surface area contributed by atoms with Gasteiger partial charge in [-0.1, -0.05) is 11.6 Å². The van der Waals surface area contributed by atoms with E-state index in [1.54, 1.807) is 35.5 Å². The summed E-state index contributed by atoms with van der Waals surface area (Å²) in [5, 5.41) is 0.602. The van der Waals surface area contributed by atoms with Crippen LogP contribution in [0.1, 0.15) is 22.8 Å². The van der Waals surface area contributed by atoms with Gasteiger partial charge in [-0.2, -0.15) is 0 Å². The summed E-state index contributed by atoms with van der Waals surface area (Å²) in [5.74, 6) is -0.0205. The topological polar surface area (TPSA) is 33.2 Å². The van der Waals surface area contributed by atoms with E-state index in [1.807, 2.05) is 19.1 Å². The summed E-state index contributed by atoms with van der Waals surface area (Å²) in [6.45, 7) is 3.16. The van der Waals surface area contributed by atoms with E-state index in [4.69, 9.17) is 11.6 Å². The zero-order chi connectivity index (χ0) is 14.5. The predicted octanol–water partition coefficient (Wildman–Crippen LogP) is 4.16. The Morgan fingerprint density at radius 1 is 1.30 bits per heavy atom. The fourth-order valence-electron chi connectivity index (χ4n) is 1.87. The molecule has 20 heavy (non-hydrogen) atoms. The van der Waals surface area contributed by atoms with Gasteiger partial charge in [0.2, 0.25) is 0 Å². The molecule has 0 aliphatic carbocycles. The maximum absolute atomic E-state index is 12.5. The van der Waals surface area contributed by atoms with Crippen LogP contribution in [0.5, 0.6) is 0 Å². The summed E-state index contributed by atoms with van der Waals surface area (Å²) in [4.78, 5) is 18.3. The van der Waals surface area contributed by atoms with Crippen molar-refractivity contribution in [3.8, 4) is 0 Å². The molecule has 0 bridgehead atoms. The number of halogens is 2. The molecule has 0 saturated heterocycles. The van der Waals surface area contributed by atoms with Crippen molar-refractivity contribution in [2.24, 2.45) is 0 Å². The van der Waals surface area contributed by atoms with Crippen molar-refractivity contribution >= 4 is 33.4 Å². The molecule has 0 saturated carbocycles. The third-order valence-electron chi connectivity index (χ3n) is 2.95. The Labute approximate surface area is 131 Å². The molecule has 2 aromatic rings. The second-order valence-electron chi connectivity index (χ2n) is 4.30. The van der Waals surface area contributed by atoms with E-state index in [1.165, 1.54) is 0 Å². The molecule has 2 rings (SSSR count). The minimum Gasteiger partial charge on any atom is -0.335 e. The molecular formula is C15H14BrClN2O. The number of benzene rings is 1. The van der Waals surface area contributed by atoms with E-state index < -0.39 is 0 Å². The van der Waals surface area contributed by atoms with Crippen LogP contribution >= 0.6 is 27.5 Å². The lowest BCUT2D eigenvalue weighted by Gasteiger charge is -2.21. The van der Waals surface area contributed by atoms with Gasteiger partial charge >= 0.3 is 0 Å². The molecule has 5 heteroatoms. The van der Waals surface area contributed by atoms with E-state index in [9.17, 15) is 4.79 Å². The number of carbonyl (C=O) groups excluding carboxylic acids is 1.